The number of hydrogen-bond acceptors (Lipinski definition) is 4. The Balaban J connectivity index is 1.60. The fourth-order valence-electron chi connectivity index (χ4n) is 2.78. The topological polar surface area (TPSA) is 56.4 Å². The molecule has 3 N–H and O–H groups in total. The minimum absolute atomic E-state index is 0.239. The maximum atomic E-state index is 13.3. The van der Waals surface area contributed by atoms with Gasteiger partial charge in [0, 0.05) is 29.7 Å². The summed E-state index contributed by atoms with van der Waals surface area (Å²) in [6, 6.07) is 12.2. The molecule has 136 valence electrons. The van der Waals surface area contributed by atoms with Crippen LogP contribution in [0, 0.1) is 5.82 Å². The first-order valence-corrected chi connectivity index (χ1v) is 8.59. The van der Waals surface area contributed by atoms with E-state index >= 15 is 0 Å². The van der Waals surface area contributed by atoms with Gasteiger partial charge in [-0.1, -0.05) is 0 Å². The number of hydrogen-bond donors (Lipinski definition) is 3. The van der Waals surface area contributed by atoms with Crippen LogP contribution in [0.5, 0.6) is 0 Å². The second-order valence-electron chi connectivity index (χ2n) is 6.51. The summed E-state index contributed by atoms with van der Waals surface area (Å²) in [4.78, 5) is 14.2. The van der Waals surface area contributed by atoms with Crippen molar-refractivity contribution in [1.29, 1.82) is 0 Å². The molecule has 0 bridgehead atoms. The smallest absolute Gasteiger partial charge is 0.257 e. The number of nitrogens with zero attached hydrogens (tertiary/aromatic N) is 1. The lowest BCUT2D eigenvalue weighted by atomic mass is 10.1. The predicted octanol–water partition coefficient (Wildman–Crippen LogP) is 3.59. The maximum Gasteiger partial charge on any atom is 0.257 e. The van der Waals surface area contributed by atoms with Crippen molar-refractivity contribution in [1.82, 2.24) is 4.90 Å². The minimum atomic E-state index is -0.369. The molecule has 1 heterocycles. The van der Waals surface area contributed by atoms with Gasteiger partial charge in [0.1, 0.15) is 5.82 Å². The predicted molar refractivity (Wildman–Crippen MR) is 105 cm³/mol. The molecule has 0 atom stereocenters. The highest BCUT2D eigenvalue weighted by molar-refractivity contribution is 6.31. The lowest BCUT2D eigenvalue weighted by molar-refractivity contribution is -0.110. The van der Waals surface area contributed by atoms with Crippen molar-refractivity contribution in [2.45, 2.75) is 6.42 Å². The number of carbonyl (C=O) groups is 1. The average Bonchev–Trinajstić information content (AvgIpc) is 2.92. The van der Waals surface area contributed by atoms with E-state index in [-0.39, 0.29) is 11.7 Å². The zero-order valence-electron chi connectivity index (χ0n) is 15.0. The standard InChI is InChI=1S/C20H23FN4O/c1-25(2)11-3-10-22-15-5-7-16(8-6-15)23-13-18-17-9-4-14(21)12-19(17)24-20(18)26/h4-9,12-13,22-23H,3,10-11H2,1-2H3,(H,24,26)/b18-13-. The number of nitrogens with one attached hydrogen (secondary N) is 3. The Hall–Kier alpha value is -2.86. The summed E-state index contributed by atoms with van der Waals surface area (Å²) in [6.45, 7) is 1.97. The molecule has 0 aromatic heterocycles. The van der Waals surface area contributed by atoms with Crippen molar-refractivity contribution in [3.8, 4) is 0 Å². The molecule has 26 heavy (non-hydrogen) atoms. The van der Waals surface area contributed by atoms with Crippen molar-refractivity contribution in [3.05, 3.63) is 60.0 Å². The monoisotopic (exact) mass is 354 g/mol. The quantitative estimate of drug-likeness (QED) is 0.525. The second-order valence-corrected chi connectivity index (χ2v) is 6.51. The van der Waals surface area contributed by atoms with Gasteiger partial charge in [-0.05, 0) is 69.5 Å². The summed E-state index contributed by atoms with van der Waals surface area (Å²) in [6.07, 6.45) is 2.73. The summed E-state index contributed by atoms with van der Waals surface area (Å²) >= 11 is 0. The molecule has 0 aliphatic carbocycles. The zero-order chi connectivity index (χ0) is 18.5. The molecule has 1 aliphatic heterocycles. The molecule has 2 aromatic carbocycles. The van der Waals surface area contributed by atoms with Crippen LogP contribution in [0.3, 0.4) is 0 Å². The summed E-state index contributed by atoms with van der Waals surface area (Å²) < 4.78 is 13.3. The average molecular weight is 354 g/mol. The largest absolute Gasteiger partial charge is 0.385 e. The molecule has 0 saturated carbocycles. The number of benzene rings is 2. The van der Waals surface area contributed by atoms with Gasteiger partial charge in [0.15, 0.2) is 0 Å². The van der Waals surface area contributed by atoms with Crippen LogP contribution in [0.1, 0.15) is 12.0 Å². The molecule has 0 spiro atoms. The van der Waals surface area contributed by atoms with Crippen LogP contribution in [0.25, 0.3) is 5.57 Å². The van der Waals surface area contributed by atoms with Crippen LogP contribution >= 0.6 is 0 Å². The van der Waals surface area contributed by atoms with E-state index in [0.717, 1.165) is 30.9 Å². The van der Waals surface area contributed by atoms with Gasteiger partial charge >= 0.3 is 0 Å². The first-order valence-electron chi connectivity index (χ1n) is 8.59. The Labute approximate surface area is 152 Å². The van der Waals surface area contributed by atoms with Crippen LogP contribution < -0.4 is 16.0 Å². The third-order valence-corrected chi connectivity index (χ3v) is 4.14. The summed E-state index contributed by atoms with van der Waals surface area (Å²) in [5.41, 5.74) is 3.62. The highest BCUT2D eigenvalue weighted by atomic mass is 19.1. The normalized spacial score (nSPS) is 14.5. The molecule has 6 heteroatoms. The molecular weight excluding hydrogens is 331 g/mol. The first-order chi connectivity index (χ1) is 12.5. The van der Waals surface area contributed by atoms with Crippen molar-refractivity contribution < 1.29 is 9.18 Å². The van der Waals surface area contributed by atoms with E-state index in [9.17, 15) is 9.18 Å². The molecular formula is C20H23FN4O. The highest BCUT2D eigenvalue weighted by Crippen LogP contribution is 2.32. The number of halogens is 1. The van der Waals surface area contributed by atoms with Gasteiger partial charge in [-0.2, -0.15) is 0 Å². The Morgan fingerprint density at radius 2 is 1.85 bits per heavy atom. The van der Waals surface area contributed by atoms with E-state index in [2.05, 4.69) is 34.9 Å². The van der Waals surface area contributed by atoms with Crippen LogP contribution in [0.4, 0.5) is 21.5 Å². The SMILES string of the molecule is CN(C)CCCNc1ccc(N/C=C2\C(=O)Nc3cc(F)ccc32)cc1. The van der Waals surface area contributed by atoms with Gasteiger partial charge in [-0.25, -0.2) is 4.39 Å². The highest BCUT2D eigenvalue weighted by Gasteiger charge is 2.24. The second kappa shape index (κ2) is 8.01. The minimum Gasteiger partial charge on any atom is -0.385 e. The lowest BCUT2D eigenvalue weighted by Gasteiger charge is -2.11. The van der Waals surface area contributed by atoms with Crippen molar-refractivity contribution in [2.75, 3.05) is 43.1 Å². The Morgan fingerprint density at radius 1 is 1.12 bits per heavy atom. The van der Waals surface area contributed by atoms with Gasteiger partial charge in [-0.15, -0.1) is 0 Å². The molecule has 1 amide bonds. The van der Waals surface area contributed by atoms with Crippen LogP contribution in [0.2, 0.25) is 0 Å². The van der Waals surface area contributed by atoms with Gasteiger partial charge in [0.25, 0.3) is 5.91 Å². The van der Waals surface area contributed by atoms with Crippen LogP contribution in [-0.4, -0.2) is 38.0 Å². The number of amides is 1. The van der Waals surface area contributed by atoms with Crippen LogP contribution in [-0.2, 0) is 4.79 Å². The van der Waals surface area contributed by atoms with E-state index in [1.807, 2.05) is 24.3 Å². The molecule has 3 rings (SSSR count). The molecule has 5 nitrogen and oxygen atoms in total. The Morgan fingerprint density at radius 3 is 2.58 bits per heavy atom. The summed E-state index contributed by atoms with van der Waals surface area (Å²) in [5.74, 6) is -0.607. The molecule has 0 saturated heterocycles. The number of rotatable bonds is 7. The number of carbonyl (C=O) groups excluding carboxylic acids is 1. The third-order valence-electron chi connectivity index (χ3n) is 4.14. The lowest BCUT2D eigenvalue weighted by Crippen LogP contribution is -2.16. The van der Waals surface area contributed by atoms with E-state index in [1.165, 1.54) is 12.1 Å². The molecule has 2 aromatic rings. The molecule has 0 unspecified atom stereocenters. The first kappa shape index (κ1) is 17.9. The van der Waals surface area contributed by atoms with E-state index < -0.39 is 0 Å². The summed E-state index contributed by atoms with van der Waals surface area (Å²) in [5, 5.41) is 9.18. The fourth-order valence-corrected chi connectivity index (χ4v) is 2.78. The van der Waals surface area contributed by atoms with Gasteiger partial charge < -0.3 is 20.9 Å². The van der Waals surface area contributed by atoms with Gasteiger partial charge in [0.05, 0.1) is 11.3 Å². The van der Waals surface area contributed by atoms with Gasteiger partial charge in [0.2, 0.25) is 0 Å². The van der Waals surface area contributed by atoms with Crippen molar-refractivity contribution in [3.63, 3.8) is 0 Å². The van der Waals surface area contributed by atoms with Gasteiger partial charge in [-0.3, -0.25) is 4.79 Å². The third kappa shape index (κ3) is 4.40. The molecule has 0 fully saturated rings. The van der Waals surface area contributed by atoms with Crippen molar-refractivity contribution >= 4 is 28.5 Å². The van der Waals surface area contributed by atoms with Crippen molar-refractivity contribution in [2.24, 2.45) is 0 Å². The fraction of sp³-hybridized carbons (Fsp3) is 0.250. The summed E-state index contributed by atoms with van der Waals surface area (Å²) in [7, 11) is 4.13. The molecule has 0 radical (unpaired) electrons. The maximum absolute atomic E-state index is 13.3. The van der Waals surface area contributed by atoms with E-state index in [1.54, 1.807) is 12.3 Å². The Bertz CT molecular complexity index is 815. The van der Waals surface area contributed by atoms with E-state index in [0.29, 0.717) is 16.8 Å². The van der Waals surface area contributed by atoms with E-state index in [4.69, 9.17) is 0 Å². The van der Waals surface area contributed by atoms with Crippen LogP contribution in [0.15, 0.2) is 48.7 Å². The zero-order valence-corrected chi connectivity index (χ0v) is 15.0. The molecule has 1 aliphatic rings. The Kier molecular flexibility index (Phi) is 5.53. The number of anilines is 3. The number of fused-ring (bicyclic) bond motifs is 1.